The molecule has 1 aliphatic heterocycles. The lowest BCUT2D eigenvalue weighted by Crippen LogP contribution is -2.19. The zero-order chi connectivity index (χ0) is 18.1. The summed E-state index contributed by atoms with van der Waals surface area (Å²) in [5, 5.41) is 3.96. The molecular formula is C21H21N3O2. The van der Waals surface area contributed by atoms with Crippen LogP contribution in [0.4, 0.5) is 5.69 Å². The summed E-state index contributed by atoms with van der Waals surface area (Å²) < 4.78 is 5.80. The van der Waals surface area contributed by atoms with Crippen molar-refractivity contribution in [2.45, 2.75) is 0 Å². The third-order valence-corrected chi connectivity index (χ3v) is 4.43. The van der Waals surface area contributed by atoms with Gasteiger partial charge in [-0.2, -0.15) is 0 Å². The van der Waals surface area contributed by atoms with E-state index in [1.165, 1.54) is 0 Å². The second-order valence-corrected chi connectivity index (χ2v) is 6.68. The number of nitrogens with zero attached hydrogens (tertiary/aromatic N) is 1. The van der Waals surface area contributed by atoms with Crippen LogP contribution >= 0.6 is 0 Å². The molecule has 1 aromatic heterocycles. The van der Waals surface area contributed by atoms with Gasteiger partial charge in [0, 0.05) is 34.4 Å². The number of carbonyl (C=O) groups excluding carboxylic acids is 1. The minimum atomic E-state index is -0.0717. The number of rotatable bonds is 5. The van der Waals surface area contributed by atoms with Crippen LogP contribution in [0.1, 0.15) is 11.3 Å². The summed E-state index contributed by atoms with van der Waals surface area (Å²) in [7, 11) is 4.05. The van der Waals surface area contributed by atoms with Gasteiger partial charge < -0.3 is 19.9 Å². The van der Waals surface area contributed by atoms with E-state index in [1.807, 2.05) is 68.7 Å². The Kier molecular flexibility index (Phi) is 4.22. The number of nitrogens with one attached hydrogen (secondary N) is 2. The summed E-state index contributed by atoms with van der Waals surface area (Å²) in [6.45, 7) is 1.52. The number of ether oxygens (including phenoxy) is 1. The number of anilines is 1. The average molecular weight is 347 g/mol. The number of para-hydroxylation sites is 1. The van der Waals surface area contributed by atoms with Gasteiger partial charge >= 0.3 is 0 Å². The fraction of sp³-hybridized carbons (Fsp3) is 0.190. The van der Waals surface area contributed by atoms with Gasteiger partial charge in [-0.3, -0.25) is 4.79 Å². The molecule has 0 saturated carbocycles. The molecule has 0 fully saturated rings. The van der Waals surface area contributed by atoms with Crippen molar-refractivity contribution in [3.05, 3.63) is 59.8 Å². The highest BCUT2D eigenvalue weighted by atomic mass is 16.5. The Morgan fingerprint density at radius 2 is 1.96 bits per heavy atom. The third kappa shape index (κ3) is 3.21. The molecule has 4 rings (SSSR count). The van der Waals surface area contributed by atoms with Crippen molar-refractivity contribution in [1.29, 1.82) is 0 Å². The van der Waals surface area contributed by atoms with Crippen molar-refractivity contribution in [1.82, 2.24) is 9.88 Å². The molecule has 1 aliphatic rings. The minimum Gasteiger partial charge on any atom is -0.492 e. The predicted octanol–water partition coefficient (Wildman–Crippen LogP) is 3.60. The minimum absolute atomic E-state index is 0.0717. The van der Waals surface area contributed by atoms with E-state index in [-0.39, 0.29) is 5.91 Å². The van der Waals surface area contributed by atoms with Crippen molar-refractivity contribution in [3.8, 4) is 5.75 Å². The Bertz CT molecular complexity index is 1000. The molecule has 2 N–H and O–H groups in total. The Morgan fingerprint density at radius 3 is 2.81 bits per heavy atom. The van der Waals surface area contributed by atoms with Gasteiger partial charge in [-0.25, -0.2) is 0 Å². The first-order valence-electron chi connectivity index (χ1n) is 8.63. The molecule has 0 spiro atoms. The second kappa shape index (κ2) is 6.69. The number of hydrogen-bond donors (Lipinski definition) is 2. The van der Waals surface area contributed by atoms with E-state index in [1.54, 1.807) is 0 Å². The first-order chi connectivity index (χ1) is 12.6. The number of aromatic amines is 1. The van der Waals surface area contributed by atoms with Crippen LogP contribution in [0.3, 0.4) is 0 Å². The quantitative estimate of drug-likeness (QED) is 0.693. The summed E-state index contributed by atoms with van der Waals surface area (Å²) in [6.07, 6.45) is 1.90. The monoisotopic (exact) mass is 347 g/mol. The van der Waals surface area contributed by atoms with Gasteiger partial charge in [0.2, 0.25) is 0 Å². The number of amides is 1. The van der Waals surface area contributed by atoms with Crippen LogP contribution < -0.4 is 10.1 Å². The Morgan fingerprint density at radius 1 is 1.12 bits per heavy atom. The van der Waals surface area contributed by atoms with Crippen LogP contribution in [-0.4, -0.2) is 43.0 Å². The molecule has 0 atom stereocenters. The summed E-state index contributed by atoms with van der Waals surface area (Å²) in [4.78, 5) is 17.7. The maximum Gasteiger partial charge on any atom is 0.256 e. The highest BCUT2D eigenvalue weighted by molar-refractivity contribution is 6.34. The van der Waals surface area contributed by atoms with Crippen LogP contribution in [0.5, 0.6) is 5.75 Å². The molecule has 0 unspecified atom stereocenters. The van der Waals surface area contributed by atoms with Gasteiger partial charge in [0.1, 0.15) is 12.4 Å². The van der Waals surface area contributed by atoms with Crippen LogP contribution in [-0.2, 0) is 4.79 Å². The molecule has 2 heterocycles. The van der Waals surface area contributed by atoms with Gasteiger partial charge in [-0.05, 0) is 50.5 Å². The zero-order valence-corrected chi connectivity index (χ0v) is 14.9. The third-order valence-electron chi connectivity index (χ3n) is 4.43. The lowest BCUT2D eigenvalue weighted by molar-refractivity contribution is -0.110. The topological polar surface area (TPSA) is 57.4 Å². The number of H-pyrrole nitrogens is 1. The summed E-state index contributed by atoms with van der Waals surface area (Å²) in [5.41, 5.74) is 4.38. The Labute approximate surface area is 152 Å². The Balaban J connectivity index is 1.61. The van der Waals surface area contributed by atoms with Crippen molar-refractivity contribution in [3.63, 3.8) is 0 Å². The molecule has 1 amide bonds. The number of fused-ring (bicyclic) bond motifs is 2. The van der Waals surface area contributed by atoms with Crippen molar-refractivity contribution >= 4 is 34.1 Å². The number of likely N-dealkylation sites (N-methyl/N-ethyl adjacent to an activating group) is 1. The first-order valence-corrected chi connectivity index (χ1v) is 8.63. The lowest BCUT2D eigenvalue weighted by atomic mass is 10.1. The maximum atomic E-state index is 12.3. The fourth-order valence-electron chi connectivity index (χ4n) is 3.08. The SMILES string of the molecule is CN(C)CCOc1ccc2[nH]c(/C=C3/C(=O)Nc4ccccc43)cc2c1. The second-order valence-electron chi connectivity index (χ2n) is 6.68. The van der Waals surface area contributed by atoms with Gasteiger partial charge in [0.05, 0.1) is 5.57 Å². The van der Waals surface area contributed by atoms with Crippen molar-refractivity contribution < 1.29 is 9.53 Å². The molecule has 3 aromatic rings. The lowest BCUT2D eigenvalue weighted by Gasteiger charge is -2.10. The highest BCUT2D eigenvalue weighted by Crippen LogP contribution is 2.33. The number of hydrogen-bond acceptors (Lipinski definition) is 3. The molecule has 0 saturated heterocycles. The average Bonchev–Trinajstić information content (AvgIpc) is 3.15. The van der Waals surface area contributed by atoms with E-state index in [4.69, 9.17) is 4.74 Å². The highest BCUT2D eigenvalue weighted by Gasteiger charge is 2.23. The Hall–Kier alpha value is -3.05. The van der Waals surface area contributed by atoms with Crippen LogP contribution in [0.25, 0.3) is 22.6 Å². The van der Waals surface area contributed by atoms with E-state index < -0.39 is 0 Å². The molecule has 26 heavy (non-hydrogen) atoms. The van der Waals surface area contributed by atoms with Crippen LogP contribution in [0.2, 0.25) is 0 Å². The smallest absolute Gasteiger partial charge is 0.256 e. The van der Waals surface area contributed by atoms with Gasteiger partial charge in [-0.1, -0.05) is 18.2 Å². The standard InChI is InChI=1S/C21H21N3O2/c1-24(2)9-10-26-16-7-8-19-14(12-16)11-15(22-19)13-18-17-5-3-4-6-20(17)23-21(18)25/h3-8,11-13,22H,9-10H2,1-2H3,(H,23,25)/b18-13+. The van der Waals surface area contributed by atoms with Crippen molar-refractivity contribution in [2.75, 3.05) is 32.6 Å². The van der Waals surface area contributed by atoms with E-state index in [9.17, 15) is 4.79 Å². The molecule has 0 radical (unpaired) electrons. The number of aromatic nitrogens is 1. The fourth-order valence-corrected chi connectivity index (χ4v) is 3.08. The van der Waals surface area contributed by atoms with Crippen LogP contribution in [0.15, 0.2) is 48.5 Å². The molecule has 5 heteroatoms. The molecule has 0 aliphatic carbocycles. The number of carbonyl (C=O) groups is 1. The zero-order valence-electron chi connectivity index (χ0n) is 14.9. The normalized spacial score (nSPS) is 14.9. The van der Waals surface area contributed by atoms with Gasteiger partial charge in [0.25, 0.3) is 5.91 Å². The van der Waals surface area contributed by atoms with E-state index in [2.05, 4.69) is 15.2 Å². The maximum absolute atomic E-state index is 12.3. The molecule has 2 aromatic carbocycles. The number of benzene rings is 2. The van der Waals surface area contributed by atoms with Gasteiger partial charge in [0.15, 0.2) is 0 Å². The largest absolute Gasteiger partial charge is 0.492 e. The molecule has 0 bridgehead atoms. The molecular weight excluding hydrogens is 326 g/mol. The van der Waals surface area contributed by atoms with E-state index >= 15 is 0 Å². The first kappa shape index (κ1) is 16.4. The van der Waals surface area contributed by atoms with Crippen LogP contribution in [0, 0.1) is 0 Å². The summed E-state index contributed by atoms with van der Waals surface area (Å²) in [5.74, 6) is 0.777. The summed E-state index contributed by atoms with van der Waals surface area (Å²) >= 11 is 0. The van der Waals surface area contributed by atoms with E-state index in [0.29, 0.717) is 12.2 Å². The molecule has 5 nitrogen and oxygen atoms in total. The predicted molar refractivity (Wildman–Crippen MR) is 105 cm³/mol. The molecule has 132 valence electrons. The van der Waals surface area contributed by atoms with Gasteiger partial charge in [-0.15, -0.1) is 0 Å². The summed E-state index contributed by atoms with van der Waals surface area (Å²) in [6, 6.07) is 15.8. The van der Waals surface area contributed by atoms with E-state index in [0.717, 1.165) is 40.1 Å². The van der Waals surface area contributed by atoms with Crippen molar-refractivity contribution in [2.24, 2.45) is 0 Å².